The second-order valence-electron chi connectivity index (χ2n) is 3.90. The molecule has 1 aromatic heterocycles. The summed E-state index contributed by atoms with van der Waals surface area (Å²) in [6.07, 6.45) is 0.912. The van der Waals surface area contributed by atoms with Gasteiger partial charge >= 0.3 is 0 Å². The highest BCUT2D eigenvalue weighted by atomic mass is 19.1. The Morgan fingerprint density at radius 1 is 1.32 bits per heavy atom. The third-order valence-corrected chi connectivity index (χ3v) is 2.63. The topological polar surface area (TPSA) is 59.2 Å². The number of amides is 1. The zero-order valence-corrected chi connectivity index (χ0v) is 10.1. The van der Waals surface area contributed by atoms with Gasteiger partial charge in [-0.25, -0.2) is 13.8 Å². The monoisotopic (exact) mass is 263 g/mol. The normalized spacial score (nSPS) is 10.3. The largest absolute Gasteiger partial charge is 0.383 e. The highest BCUT2D eigenvalue weighted by molar-refractivity contribution is 6.08. The molecule has 0 fully saturated rings. The van der Waals surface area contributed by atoms with Crippen molar-refractivity contribution in [3.63, 3.8) is 0 Å². The molecule has 0 aliphatic heterocycles. The van der Waals surface area contributed by atoms with E-state index in [1.54, 1.807) is 6.07 Å². The van der Waals surface area contributed by atoms with Crippen LogP contribution in [0.5, 0.6) is 0 Å². The summed E-state index contributed by atoms with van der Waals surface area (Å²) in [5, 5.41) is 0. The number of aromatic nitrogens is 1. The summed E-state index contributed by atoms with van der Waals surface area (Å²) >= 11 is 0. The Morgan fingerprint density at radius 3 is 2.68 bits per heavy atom. The van der Waals surface area contributed by atoms with Crippen molar-refractivity contribution in [2.45, 2.75) is 0 Å². The van der Waals surface area contributed by atoms with Crippen LogP contribution in [0.3, 0.4) is 0 Å². The number of pyridine rings is 1. The van der Waals surface area contributed by atoms with Crippen LogP contribution in [-0.4, -0.2) is 17.9 Å². The fourth-order valence-corrected chi connectivity index (χ4v) is 1.63. The average molecular weight is 263 g/mol. The number of carbonyl (C=O) groups excluding carboxylic acids is 1. The van der Waals surface area contributed by atoms with E-state index in [0.717, 1.165) is 17.2 Å². The fraction of sp³-hybridized carbons (Fsp3) is 0.0769. The summed E-state index contributed by atoms with van der Waals surface area (Å²) in [6.45, 7) is 0. The van der Waals surface area contributed by atoms with E-state index < -0.39 is 17.5 Å². The number of rotatable bonds is 2. The number of benzene rings is 1. The molecule has 19 heavy (non-hydrogen) atoms. The summed E-state index contributed by atoms with van der Waals surface area (Å²) in [6, 6.07) is 6.75. The molecule has 0 saturated heterocycles. The van der Waals surface area contributed by atoms with Gasteiger partial charge in [-0.15, -0.1) is 0 Å². The van der Waals surface area contributed by atoms with E-state index in [0.29, 0.717) is 0 Å². The van der Waals surface area contributed by atoms with Gasteiger partial charge in [0.25, 0.3) is 5.91 Å². The highest BCUT2D eigenvalue weighted by Crippen LogP contribution is 2.21. The molecule has 1 heterocycles. The number of hydrogen-bond acceptors (Lipinski definition) is 3. The number of para-hydroxylation sites is 1. The van der Waals surface area contributed by atoms with E-state index in [2.05, 4.69) is 4.98 Å². The van der Waals surface area contributed by atoms with E-state index >= 15 is 0 Å². The highest BCUT2D eigenvalue weighted by Gasteiger charge is 2.19. The standard InChI is InChI=1S/C13H11F2N3O/c1-18(11-5-3-2-4-10(11)15)13(19)9-6-8(14)7-17-12(9)16/h2-7H,1H3,(H2,16,17). The number of carbonyl (C=O) groups is 1. The second-order valence-corrected chi connectivity index (χ2v) is 3.90. The van der Waals surface area contributed by atoms with Gasteiger partial charge in [-0.3, -0.25) is 4.79 Å². The molecule has 2 aromatic rings. The number of nitrogens with zero attached hydrogens (tertiary/aromatic N) is 2. The van der Waals surface area contributed by atoms with Crippen LogP contribution < -0.4 is 10.6 Å². The van der Waals surface area contributed by atoms with Crippen molar-refractivity contribution >= 4 is 17.4 Å². The van der Waals surface area contributed by atoms with Crippen LogP contribution in [0.25, 0.3) is 0 Å². The molecule has 1 aromatic carbocycles. The number of nitrogens with two attached hydrogens (primary N) is 1. The van der Waals surface area contributed by atoms with Crippen LogP contribution in [0.1, 0.15) is 10.4 Å². The van der Waals surface area contributed by atoms with Crippen LogP contribution in [-0.2, 0) is 0 Å². The summed E-state index contributed by atoms with van der Waals surface area (Å²) in [4.78, 5) is 16.8. The molecule has 0 aliphatic rings. The zero-order valence-electron chi connectivity index (χ0n) is 10.1. The first-order chi connectivity index (χ1) is 9.00. The lowest BCUT2D eigenvalue weighted by molar-refractivity contribution is 0.0992. The van der Waals surface area contributed by atoms with Gasteiger partial charge in [0, 0.05) is 7.05 Å². The van der Waals surface area contributed by atoms with Crippen molar-refractivity contribution in [3.05, 3.63) is 53.7 Å². The van der Waals surface area contributed by atoms with Gasteiger partial charge in [0.2, 0.25) is 0 Å². The molecule has 0 atom stereocenters. The van der Waals surface area contributed by atoms with Gasteiger partial charge in [-0.2, -0.15) is 0 Å². The van der Waals surface area contributed by atoms with Crippen LogP contribution >= 0.6 is 0 Å². The first-order valence-electron chi connectivity index (χ1n) is 5.44. The minimum atomic E-state index is -0.681. The van der Waals surface area contributed by atoms with Crippen molar-refractivity contribution in [2.24, 2.45) is 0 Å². The molecule has 98 valence electrons. The maximum absolute atomic E-state index is 13.6. The molecule has 0 radical (unpaired) electrons. The lowest BCUT2D eigenvalue weighted by atomic mass is 10.2. The van der Waals surface area contributed by atoms with Crippen molar-refractivity contribution in [2.75, 3.05) is 17.7 Å². The van der Waals surface area contributed by atoms with Crippen molar-refractivity contribution in [1.82, 2.24) is 4.98 Å². The minimum absolute atomic E-state index is 0.0798. The third kappa shape index (κ3) is 2.52. The van der Waals surface area contributed by atoms with Gasteiger partial charge in [-0.1, -0.05) is 12.1 Å². The predicted molar refractivity (Wildman–Crippen MR) is 67.7 cm³/mol. The Hall–Kier alpha value is -2.50. The number of hydrogen-bond donors (Lipinski definition) is 1. The van der Waals surface area contributed by atoms with E-state index in [-0.39, 0.29) is 17.1 Å². The molecule has 1 amide bonds. The molecule has 0 saturated carbocycles. The predicted octanol–water partition coefficient (Wildman–Crippen LogP) is 2.22. The minimum Gasteiger partial charge on any atom is -0.383 e. The van der Waals surface area contributed by atoms with E-state index in [4.69, 9.17) is 5.73 Å². The van der Waals surface area contributed by atoms with Crippen LogP contribution in [0.15, 0.2) is 36.5 Å². The molecule has 0 spiro atoms. The SMILES string of the molecule is CN(C(=O)c1cc(F)cnc1N)c1ccccc1F. The van der Waals surface area contributed by atoms with E-state index in [1.165, 1.54) is 25.2 Å². The quantitative estimate of drug-likeness (QED) is 0.903. The smallest absolute Gasteiger partial charge is 0.261 e. The zero-order chi connectivity index (χ0) is 14.0. The van der Waals surface area contributed by atoms with Gasteiger partial charge in [0.05, 0.1) is 17.4 Å². The van der Waals surface area contributed by atoms with Gasteiger partial charge in [0.1, 0.15) is 17.5 Å². The summed E-state index contributed by atoms with van der Waals surface area (Å²) in [5.74, 6) is -1.97. The molecule has 0 bridgehead atoms. The molecule has 2 rings (SSSR count). The second kappa shape index (κ2) is 5.01. The summed E-state index contributed by atoms with van der Waals surface area (Å²) < 4.78 is 26.7. The summed E-state index contributed by atoms with van der Waals surface area (Å²) in [7, 11) is 1.38. The number of anilines is 2. The van der Waals surface area contributed by atoms with Crippen LogP contribution in [0.2, 0.25) is 0 Å². The molecular weight excluding hydrogens is 252 g/mol. The fourth-order valence-electron chi connectivity index (χ4n) is 1.63. The molecular formula is C13H11F2N3O. The van der Waals surface area contributed by atoms with Crippen LogP contribution in [0.4, 0.5) is 20.3 Å². The molecule has 2 N–H and O–H groups in total. The Kier molecular flexibility index (Phi) is 3.41. The van der Waals surface area contributed by atoms with Crippen molar-refractivity contribution in [1.29, 1.82) is 0 Å². The van der Waals surface area contributed by atoms with Crippen molar-refractivity contribution in [3.8, 4) is 0 Å². The Morgan fingerprint density at radius 2 is 2.00 bits per heavy atom. The first-order valence-corrected chi connectivity index (χ1v) is 5.44. The molecule has 0 aliphatic carbocycles. The number of halogens is 2. The first kappa shape index (κ1) is 12.9. The average Bonchev–Trinajstić information content (AvgIpc) is 2.40. The molecule has 0 unspecified atom stereocenters. The maximum Gasteiger partial charge on any atom is 0.261 e. The van der Waals surface area contributed by atoms with Crippen molar-refractivity contribution < 1.29 is 13.6 Å². The summed E-state index contributed by atoms with van der Waals surface area (Å²) in [5.41, 5.74) is 5.50. The van der Waals surface area contributed by atoms with E-state index in [1.807, 2.05) is 0 Å². The lowest BCUT2D eigenvalue weighted by Gasteiger charge is -2.18. The van der Waals surface area contributed by atoms with Gasteiger partial charge in [0.15, 0.2) is 0 Å². The number of nitrogen functional groups attached to an aromatic ring is 1. The van der Waals surface area contributed by atoms with Crippen LogP contribution in [0, 0.1) is 11.6 Å². The van der Waals surface area contributed by atoms with Gasteiger partial charge in [-0.05, 0) is 18.2 Å². The third-order valence-electron chi connectivity index (χ3n) is 2.63. The Balaban J connectivity index is 2.39. The Bertz CT molecular complexity index is 631. The lowest BCUT2D eigenvalue weighted by Crippen LogP contribution is -2.28. The molecule has 6 heteroatoms. The molecule has 4 nitrogen and oxygen atoms in total. The maximum atomic E-state index is 13.6. The Labute approximate surface area is 108 Å². The van der Waals surface area contributed by atoms with E-state index in [9.17, 15) is 13.6 Å². The van der Waals surface area contributed by atoms with Gasteiger partial charge < -0.3 is 10.6 Å².